The summed E-state index contributed by atoms with van der Waals surface area (Å²) in [5.41, 5.74) is 2.49. The largest absolute Gasteiger partial charge is 0.373 e. The standard InChI is InChI=1S/C23H38N4O2/c1-5-18(4)27-21(28)13-14-25-23(24-6-2)26-16-20-8-7-15-29-22(20)19-11-9-17(3)10-12-19/h9-12,18,20,22H,5-8,13-16H2,1-4H3,(H,27,28)(H2,24,25,26). The molecule has 29 heavy (non-hydrogen) atoms. The van der Waals surface area contributed by atoms with Gasteiger partial charge in [-0.05, 0) is 45.6 Å². The molecule has 1 fully saturated rings. The number of ether oxygens (including phenoxy) is 1. The van der Waals surface area contributed by atoms with Crippen molar-refractivity contribution in [2.24, 2.45) is 10.9 Å². The average molecular weight is 403 g/mol. The number of aryl methyl sites for hydroxylation is 1. The first-order valence-corrected chi connectivity index (χ1v) is 11.0. The highest BCUT2D eigenvalue weighted by molar-refractivity contribution is 5.81. The minimum atomic E-state index is 0.0721. The second-order valence-electron chi connectivity index (χ2n) is 7.88. The second-order valence-corrected chi connectivity index (χ2v) is 7.88. The number of nitrogens with one attached hydrogen (secondary N) is 3. The Kier molecular flexibility index (Phi) is 9.98. The molecule has 3 atom stereocenters. The van der Waals surface area contributed by atoms with E-state index in [4.69, 9.17) is 9.73 Å². The molecule has 162 valence electrons. The van der Waals surface area contributed by atoms with Crippen molar-refractivity contribution in [2.45, 2.75) is 65.5 Å². The molecule has 6 nitrogen and oxygen atoms in total. The van der Waals surface area contributed by atoms with Crippen molar-refractivity contribution in [1.29, 1.82) is 0 Å². The summed E-state index contributed by atoms with van der Waals surface area (Å²) >= 11 is 0. The molecule has 1 aliphatic heterocycles. The first-order chi connectivity index (χ1) is 14.0. The second kappa shape index (κ2) is 12.5. The fourth-order valence-electron chi connectivity index (χ4n) is 3.45. The molecule has 0 spiro atoms. The quantitative estimate of drug-likeness (QED) is 0.438. The Labute approximate surface area is 175 Å². The van der Waals surface area contributed by atoms with E-state index in [0.29, 0.717) is 25.4 Å². The van der Waals surface area contributed by atoms with Gasteiger partial charge in [0.2, 0.25) is 5.91 Å². The van der Waals surface area contributed by atoms with Gasteiger partial charge in [0.1, 0.15) is 0 Å². The molecule has 1 amide bonds. The molecule has 0 bridgehead atoms. The van der Waals surface area contributed by atoms with Crippen molar-refractivity contribution in [1.82, 2.24) is 16.0 Å². The van der Waals surface area contributed by atoms with Crippen LogP contribution < -0.4 is 16.0 Å². The van der Waals surface area contributed by atoms with E-state index in [2.05, 4.69) is 54.1 Å². The normalized spacial score (nSPS) is 20.8. The number of amides is 1. The molecular formula is C23H38N4O2. The Hall–Kier alpha value is -2.08. The Morgan fingerprint density at radius 3 is 2.69 bits per heavy atom. The summed E-state index contributed by atoms with van der Waals surface area (Å²) in [4.78, 5) is 16.7. The van der Waals surface area contributed by atoms with Gasteiger partial charge in [0, 0.05) is 44.6 Å². The topological polar surface area (TPSA) is 74.8 Å². The smallest absolute Gasteiger partial charge is 0.221 e. The van der Waals surface area contributed by atoms with E-state index in [-0.39, 0.29) is 18.1 Å². The molecule has 1 heterocycles. The van der Waals surface area contributed by atoms with Crippen LogP contribution in [0.2, 0.25) is 0 Å². The van der Waals surface area contributed by atoms with Crippen LogP contribution in [0.15, 0.2) is 29.3 Å². The lowest BCUT2D eigenvalue weighted by Crippen LogP contribution is -2.40. The predicted molar refractivity (Wildman–Crippen MR) is 119 cm³/mol. The number of hydrogen-bond donors (Lipinski definition) is 3. The lowest BCUT2D eigenvalue weighted by molar-refractivity contribution is -0.121. The summed E-state index contributed by atoms with van der Waals surface area (Å²) in [5, 5.41) is 9.55. The summed E-state index contributed by atoms with van der Waals surface area (Å²) in [6.45, 7) is 11.1. The Balaban J connectivity index is 1.91. The van der Waals surface area contributed by atoms with Crippen LogP contribution in [0.3, 0.4) is 0 Å². The summed E-state index contributed by atoms with van der Waals surface area (Å²) in [6.07, 6.45) is 3.65. The van der Waals surface area contributed by atoms with Crippen molar-refractivity contribution in [3.8, 4) is 0 Å². The molecule has 0 radical (unpaired) electrons. The van der Waals surface area contributed by atoms with Gasteiger partial charge in [-0.25, -0.2) is 0 Å². The Morgan fingerprint density at radius 1 is 1.24 bits per heavy atom. The summed E-state index contributed by atoms with van der Waals surface area (Å²) < 4.78 is 6.11. The number of hydrogen-bond acceptors (Lipinski definition) is 3. The predicted octanol–water partition coefficient (Wildman–Crippen LogP) is 3.32. The third-order valence-electron chi connectivity index (χ3n) is 5.34. The van der Waals surface area contributed by atoms with E-state index >= 15 is 0 Å². The van der Waals surface area contributed by atoms with Crippen LogP contribution >= 0.6 is 0 Å². The SMILES string of the molecule is CCNC(=NCC1CCCOC1c1ccc(C)cc1)NCCC(=O)NC(C)CC. The summed E-state index contributed by atoms with van der Waals surface area (Å²) in [7, 11) is 0. The van der Waals surface area contributed by atoms with Crippen LogP contribution in [0.1, 0.15) is 63.7 Å². The average Bonchev–Trinajstić information content (AvgIpc) is 2.72. The molecule has 1 aromatic rings. The Bertz CT molecular complexity index is 645. The van der Waals surface area contributed by atoms with E-state index < -0.39 is 0 Å². The van der Waals surface area contributed by atoms with Crippen LogP contribution in [-0.4, -0.2) is 44.1 Å². The van der Waals surface area contributed by atoms with Gasteiger partial charge >= 0.3 is 0 Å². The number of carbonyl (C=O) groups is 1. The van der Waals surface area contributed by atoms with Crippen LogP contribution in [0.4, 0.5) is 0 Å². The van der Waals surface area contributed by atoms with Crippen LogP contribution in [-0.2, 0) is 9.53 Å². The van der Waals surface area contributed by atoms with Gasteiger partial charge in [0.15, 0.2) is 5.96 Å². The molecule has 0 aliphatic carbocycles. The molecule has 1 aromatic carbocycles. The summed E-state index contributed by atoms with van der Waals surface area (Å²) in [6, 6.07) is 8.84. The number of rotatable bonds is 9. The van der Waals surface area contributed by atoms with Gasteiger partial charge in [-0.2, -0.15) is 0 Å². The van der Waals surface area contributed by atoms with Crippen LogP contribution in [0.5, 0.6) is 0 Å². The zero-order valence-corrected chi connectivity index (χ0v) is 18.5. The molecular weight excluding hydrogens is 364 g/mol. The molecule has 2 rings (SSSR count). The third kappa shape index (κ3) is 8.05. The highest BCUT2D eigenvalue weighted by Gasteiger charge is 2.27. The van der Waals surface area contributed by atoms with Crippen molar-refractivity contribution in [3.63, 3.8) is 0 Å². The van der Waals surface area contributed by atoms with Gasteiger partial charge in [0.05, 0.1) is 6.10 Å². The minimum Gasteiger partial charge on any atom is -0.373 e. The zero-order chi connectivity index (χ0) is 21.1. The molecule has 1 saturated heterocycles. The van der Waals surface area contributed by atoms with E-state index in [1.54, 1.807) is 0 Å². The maximum atomic E-state index is 12.0. The van der Waals surface area contributed by atoms with E-state index in [0.717, 1.165) is 38.4 Å². The number of benzene rings is 1. The lowest BCUT2D eigenvalue weighted by atomic mass is 9.89. The maximum absolute atomic E-state index is 12.0. The first kappa shape index (κ1) is 23.2. The minimum absolute atomic E-state index is 0.0721. The first-order valence-electron chi connectivity index (χ1n) is 11.0. The van der Waals surface area contributed by atoms with Gasteiger partial charge in [0.25, 0.3) is 0 Å². The number of guanidine groups is 1. The van der Waals surface area contributed by atoms with Crippen LogP contribution in [0.25, 0.3) is 0 Å². The number of carbonyl (C=O) groups excluding carboxylic acids is 1. The molecule has 0 saturated carbocycles. The van der Waals surface area contributed by atoms with E-state index in [1.165, 1.54) is 11.1 Å². The third-order valence-corrected chi connectivity index (χ3v) is 5.34. The van der Waals surface area contributed by atoms with Crippen molar-refractivity contribution in [2.75, 3.05) is 26.2 Å². The van der Waals surface area contributed by atoms with Gasteiger partial charge in [-0.1, -0.05) is 36.8 Å². The van der Waals surface area contributed by atoms with Gasteiger partial charge in [-0.15, -0.1) is 0 Å². The molecule has 6 heteroatoms. The van der Waals surface area contributed by atoms with Crippen molar-refractivity contribution >= 4 is 11.9 Å². The highest BCUT2D eigenvalue weighted by atomic mass is 16.5. The fraction of sp³-hybridized carbons (Fsp3) is 0.652. The molecule has 3 N–H and O–H groups in total. The van der Waals surface area contributed by atoms with Gasteiger partial charge in [-0.3, -0.25) is 9.79 Å². The monoisotopic (exact) mass is 402 g/mol. The van der Waals surface area contributed by atoms with E-state index in [9.17, 15) is 4.79 Å². The molecule has 3 unspecified atom stereocenters. The van der Waals surface area contributed by atoms with Gasteiger partial charge < -0.3 is 20.7 Å². The van der Waals surface area contributed by atoms with Crippen molar-refractivity contribution < 1.29 is 9.53 Å². The maximum Gasteiger partial charge on any atom is 0.221 e. The number of nitrogens with zero attached hydrogens (tertiary/aromatic N) is 1. The van der Waals surface area contributed by atoms with Crippen molar-refractivity contribution in [3.05, 3.63) is 35.4 Å². The zero-order valence-electron chi connectivity index (χ0n) is 18.5. The Morgan fingerprint density at radius 2 is 2.00 bits per heavy atom. The molecule has 1 aliphatic rings. The highest BCUT2D eigenvalue weighted by Crippen LogP contribution is 2.33. The summed E-state index contributed by atoms with van der Waals surface area (Å²) in [5.74, 6) is 1.19. The lowest BCUT2D eigenvalue weighted by Gasteiger charge is -2.31. The number of aliphatic imine (C=N–C) groups is 1. The molecule has 0 aromatic heterocycles. The van der Waals surface area contributed by atoms with Crippen LogP contribution in [0, 0.1) is 12.8 Å². The fourth-order valence-corrected chi connectivity index (χ4v) is 3.45. The van der Waals surface area contributed by atoms with E-state index in [1.807, 2.05) is 13.8 Å².